The molecule has 0 atom stereocenters. The van der Waals surface area contributed by atoms with Gasteiger partial charge < -0.3 is 14.4 Å². The van der Waals surface area contributed by atoms with Crippen molar-refractivity contribution in [2.45, 2.75) is 48.0 Å². The largest absolute Gasteiger partial charge is 0.456 e. The monoisotopic (exact) mass is 829 g/mol. The number of fused-ring (bicyclic) bond motifs is 5. The molecule has 0 unspecified atom stereocenters. The molecule has 0 spiro atoms. The van der Waals surface area contributed by atoms with E-state index in [9.17, 15) is 0 Å². The van der Waals surface area contributed by atoms with E-state index < -0.39 is 0 Å². The van der Waals surface area contributed by atoms with E-state index in [2.05, 4.69) is 155 Å². The predicted octanol–water partition coefficient (Wildman–Crippen LogP) is 12.3. The Hall–Kier alpha value is -4.89. The summed E-state index contributed by atoms with van der Waals surface area (Å²) in [5.41, 5.74) is 13.5. The standard InChI is InChI=1S/C32H26NO.C14H14N.Ir/c1-32(2,3)20-21-17-18-33-28(19-21)23-13-11-22(12-14-23)24-8-6-9-26-25(24)15-16-30-31(26)27-7-4-5-10-29(27)34-30;1-10-4-6-13(7-5-10)14-8-11(2)12(3)9-15-14;/h4-13,15-19H,20H2,1-3H3;4-6,8-9H,1-3H3;/q2*-1;. The summed E-state index contributed by atoms with van der Waals surface area (Å²) in [4.78, 5) is 9.02. The number of aryl methyl sites for hydroxylation is 3. The van der Waals surface area contributed by atoms with Gasteiger partial charge >= 0.3 is 0 Å². The third kappa shape index (κ3) is 7.48. The van der Waals surface area contributed by atoms with Gasteiger partial charge in [-0.1, -0.05) is 105 Å². The molecule has 0 saturated heterocycles. The fraction of sp³-hybridized carbons (Fsp3) is 0.174. The van der Waals surface area contributed by atoms with E-state index in [1.165, 1.54) is 44.0 Å². The van der Waals surface area contributed by atoms with Gasteiger partial charge in [-0.05, 0) is 71.6 Å². The van der Waals surface area contributed by atoms with Crippen molar-refractivity contribution in [2.24, 2.45) is 5.41 Å². The second-order valence-electron chi connectivity index (χ2n) is 14.1. The number of aromatic nitrogens is 2. The van der Waals surface area contributed by atoms with E-state index in [-0.39, 0.29) is 25.5 Å². The maximum atomic E-state index is 6.10. The fourth-order valence-corrected chi connectivity index (χ4v) is 6.36. The molecule has 3 nitrogen and oxygen atoms in total. The van der Waals surface area contributed by atoms with Crippen LogP contribution >= 0.6 is 0 Å². The molecule has 0 bridgehead atoms. The van der Waals surface area contributed by atoms with Crippen LogP contribution in [0, 0.1) is 38.3 Å². The van der Waals surface area contributed by atoms with Crippen molar-refractivity contribution < 1.29 is 24.5 Å². The van der Waals surface area contributed by atoms with E-state index in [4.69, 9.17) is 4.42 Å². The normalized spacial score (nSPS) is 11.3. The van der Waals surface area contributed by atoms with Crippen molar-refractivity contribution in [3.05, 3.63) is 156 Å². The van der Waals surface area contributed by atoms with Crippen molar-refractivity contribution >= 4 is 32.7 Å². The van der Waals surface area contributed by atoms with E-state index in [0.717, 1.165) is 51.1 Å². The summed E-state index contributed by atoms with van der Waals surface area (Å²) in [6, 6.07) is 44.7. The molecule has 0 aliphatic carbocycles. The van der Waals surface area contributed by atoms with Crippen molar-refractivity contribution in [3.8, 4) is 33.6 Å². The average Bonchev–Trinajstić information content (AvgIpc) is 3.49. The number of furan rings is 1. The molecule has 251 valence electrons. The number of benzene rings is 5. The number of hydrogen-bond donors (Lipinski definition) is 0. The van der Waals surface area contributed by atoms with Crippen molar-refractivity contribution in [1.82, 2.24) is 9.97 Å². The summed E-state index contributed by atoms with van der Waals surface area (Å²) >= 11 is 0. The Balaban J connectivity index is 0.000000227. The first kappa shape index (κ1) is 35.0. The summed E-state index contributed by atoms with van der Waals surface area (Å²) in [5, 5.41) is 4.76. The zero-order valence-electron chi connectivity index (χ0n) is 29.4. The van der Waals surface area contributed by atoms with Crippen LogP contribution in [0.25, 0.3) is 66.4 Å². The summed E-state index contributed by atoms with van der Waals surface area (Å²) in [5.74, 6) is 0. The quantitative estimate of drug-likeness (QED) is 0.166. The number of para-hydroxylation sites is 1. The van der Waals surface area contributed by atoms with Gasteiger partial charge in [-0.25, -0.2) is 0 Å². The molecule has 50 heavy (non-hydrogen) atoms. The van der Waals surface area contributed by atoms with E-state index in [1.807, 2.05) is 30.6 Å². The molecule has 0 saturated carbocycles. The van der Waals surface area contributed by atoms with E-state index >= 15 is 0 Å². The summed E-state index contributed by atoms with van der Waals surface area (Å²) < 4.78 is 6.10. The number of nitrogens with zero attached hydrogens (tertiary/aromatic N) is 2. The van der Waals surface area contributed by atoms with Gasteiger partial charge in [0.05, 0.1) is 0 Å². The van der Waals surface area contributed by atoms with Crippen LogP contribution in [0.5, 0.6) is 0 Å². The van der Waals surface area contributed by atoms with Gasteiger partial charge in [0.25, 0.3) is 0 Å². The fourth-order valence-electron chi connectivity index (χ4n) is 6.36. The van der Waals surface area contributed by atoms with Crippen LogP contribution in [0.15, 0.2) is 126 Å². The molecule has 1 radical (unpaired) electrons. The molecule has 3 aromatic heterocycles. The molecule has 3 heterocycles. The Bertz CT molecular complexity index is 2420. The maximum Gasteiger partial charge on any atom is 0.136 e. The SMILES string of the molecule is CC(C)(C)Cc1ccnc(-c2[c-]cc(-c3cccc4c3ccc3oc5ccccc5c34)cc2)c1.Cc1c[c-]c(-c2cc(C)c(C)cn2)cc1.[Ir]. The van der Waals surface area contributed by atoms with Gasteiger partial charge in [-0.15, -0.1) is 65.2 Å². The third-order valence-electron chi connectivity index (χ3n) is 8.97. The number of pyridine rings is 2. The Morgan fingerprint density at radius 1 is 0.640 bits per heavy atom. The first-order valence-corrected chi connectivity index (χ1v) is 16.9. The molecular weight excluding hydrogens is 789 g/mol. The summed E-state index contributed by atoms with van der Waals surface area (Å²) in [7, 11) is 0. The second-order valence-corrected chi connectivity index (χ2v) is 14.1. The molecule has 8 aromatic rings. The second kappa shape index (κ2) is 14.5. The molecule has 4 heteroatoms. The van der Waals surface area contributed by atoms with Crippen LogP contribution in [-0.4, -0.2) is 9.97 Å². The molecule has 0 amide bonds. The van der Waals surface area contributed by atoms with Gasteiger partial charge in [0.15, 0.2) is 0 Å². The molecule has 0 aliphatic rings. The number of hydrogen-bond acceptors (Lipinski definition) is 3. The Morgan fingerprint density at radius 2 is 1.38 bits per heavy atom. The number of rotatable bonds is 4. The minimum Gasteiger partial charge on any atom is -0.456 e. The summed E-state index contributed by atoms with van der Waals surface area (Å²) in [6.45, 7) is 13.0. The average molecular weight is 829 g/mol. The van der Waals surface area contributed by atoms with E-state index in [1.54, 1.807) is 0 Å². The molecule has 0 N–H and O–H groups in total. The molecule has 0 fully saturated rings. The van der Waals surface area contributed by atoms with Gasteiger partial charge in [0.2, 0.25) is 0 Å². The topological polar surface area (TPSA) is 38.9 Å². The van der Waals surface area contributed by atoms with Crippen LogP contribution in [0.3, 0.4) is 0 Å². The van der Waals surface area contributed by atoms with Crippen molar-refractivity contribution in [3.63, 3.8) is 0 Å². The van der Waals surface area contributed by atoms with Crippen LogP contribution < -0.4 is 0 Å². The van der Waals surface area contributed by atoms with Crippen LogP contribution in [0.1, 0.15) is 43.0 Å². The van der Waals surface area contributed by atoms with Gasteiger partial charge in [-0.2, -0.15) is 0 Å². The van der Waals surface area contributed by atoms with Crippen LogP contribution in [0.2, 0.25) is 0 Å². The summed E-state index contributed by atoms with van der Waals surface area (Å²) in [6.07, 6.45) is 4.84. The molecule has 5 aromatic carbocycles. The Kier molecular flexibility index (Phi) is 10.2. The van der Waals surface area contributed by atoms with Crippen molar-refractivity contribution in [1.29, 1.82) is 0 Å². The Morgan fingerprint density at radius 3 is 2.10 bits per heavy atom. The van der Waals surface area contributed by atoms with Gasteiger partial charge in [0.1, 0.15) is 11.2 Å². The predicted molar refractivity (Wildman–Crippen MR) is 205 cm³/mol. The van der Waals surface area contributed by atoms with Gasteiger partial charge in [-0.3, -0.25) is 0 Å². The smallest absolute Gasteiger partial charge is 0.136 e. The Labute approximate surface area is 308 Å². The first-order valence-electron chi connectivity index (χ1n) is 16.9. The van der Waals surface area contributed by atoms with Crippen LogP contribution in [-0.2, 0) is 26.5 Å². The van der Waals surface area contributed by atoms with Crippen LogP contribution in [0.4, 0.5) is 0 Å². The zero-order valence-corrected chi connectivity index (χ0v) is 31.8. The zero-order chi connectivity index (χ0) is 34.1. The van der Waals surface area contributed by atoms with Crippen molar-refractivity contribution in [2.75, 3.05) is 0 Å². The van der Waals surface area contributed by atoms with Gasteiger partial charge in [0, 0.05) is 43.3 Å². The molecular formula is C46H40IrN2O-2. The minimum absolute atomic E-state index is 0. The minimum atomic E-state index is 0. The van der Waals surface area contributed by atoms with E-state index in [0.29, 0.717) is 0 Å². The third-order valence-corrected chi connectivity index (χ3v) is 8.97. The molecule has 8 rings (SSSR count). The first-order chi connectivity index (χ1) is 23.6. The molecule has 0 aliphatic heterocycles. The maximum absolute atomic E-state index is 6.10.